The van der Waals surface area contributed by atoms with Gasteiger partial charge >= 0.3 is 12.1 Å². The van der Waals surface area contributed by atoms with Crippen LogP contribution in [0.2, 0.25) is 0 Å². The van der Waals surface area contributed by atoms with Crippen LogP contribution in [0.5, 0.6) is 0 Å². The third kappa shape index (κ3) is 3.55. The molecule has 3 unspecified atom stereocenters. The Kier molecular flexibility index (Phi) is 4.39. The molecule has 0 saturated heterocycles. The number of rotatable bonds is 5. The van der Waals surface area contributed by atoms with Crippen LogP contribution in [0.1, 0.15) is 23.5 Å². The summed E-state index contributed by atoms with van der Waals surface area (Å²) in [5.74, 6) is -3.19. The zero-order chi connectivity index (χ0) is 16.5. The van der Waals surface area contributed by atoms with Gasteiger partial charge in [0.2, 0.25) is 5.91 Å². The number of alkyl halides is 4. The second kappa shape index (κ2) is 5.94. The van der Waals surface area contributed by atoms with Crippen molar-refractivity contribution in [1.82, 2.24) is 5.32 Å². The maximum absolute atomic E-state index is 12.6. The van der Waals surface area contributed by atoms with Crippen LogP contribution in [0.4, 0.5) is 17.6 Å². The SMILES string of the molecule is O=C(O)C(CF)NC(=O)C1CC1c1cccc(C(F)(F)F)c1. The summed E-state index contributed by atoms with van der Waals surface area (Å²) in [5, 5.41) is 10.7. The highest BCUT2D eigenvalue weighted by atomic mass is 19.4. The smallest absolute Gasteiger partial charge is 0.416 e. The number of amides is 1. The van der Waals surface area contributed by atoms with Gasteiger partial charge in [0.15, 0.2) is 6.04 Å². The van der Waals surface area contributed by atoms with Gasteiger partial charge in [0.05, 0.1) is 5.56 Å². The van der Waals surface area contributed by atoms with Crippen molar-refractivity contribution in [3.8, 4) is 0 Å². The van der Waals surface area contributed by atoms with Crippen LogP contribution in [-0.4, -0.2) is 29.7 Å². The number of aliphatic carboxylic acids is 1. The Morgan fingerprint density at radius 1 is 1.36 bits per heavy atom. The van der Waals surface area contributed by atoms with E-state index >= 15 is 0 Å². The molecular weight excluding hydrogens is 306 g/mol. The number of benzene rings is 1. The largest absolute Gasteiger partial charge is 0.480 e. The Hall–Kier alpha value is -2.12. The first-order chi connectivity index (χ1) is 10.2. The lowest BCUT2D eigenvalue weighted by Crippen LogP contribution is -2.43. The van der Waals surface area contributed by atoms with Gasteiger partial charge in [-0.1, -0.05) is 18.2 Å². The molecule has 0 bridgehead atoms. The van der Waals surface area contributed by atoms with Gasteiger partial charge in [0, 0.05) is 5.92 Å². The highest BCUT2D eigenvalue weighted by Crippen LogP contribution is 2.48. The summed E-state index contributed by atoms with van der Waals surface area (Å²) in [5.41, 5.74) is -0.440. The highest BCUT2D eigenvalue weighted by Gasteiger charge is 2.45. The van der Waals surface area contributed by atoms with E-state index in [0.717, 1.165) is 12.1 Å². The van der Waals surface area contributed by atoms with Crippen LogP contribution >= 0.6 is 0 Å². The number of hydrogen-bond acceptors (Lipinski definition) is 2. The number of carbonyl (C=O) groups excluding carboxylic acids is 1. The van der Waals surface area contributed by atoms with Crippen molar-refractivity contribution in [2.75, 3.05) is 6.67 Å². The first kappa shape index (κ1) is 16.3. The number of halogens is 4. The number of carbonyl (C=O) groups is 2. The van der Waals surface area contributed by atoms with Crippen molar-refractivity contribution >= 4 is 11.9 Å². The monoisotopic (exact) mass is 319 g/mol. The van der Waals surface area contributed by atoms with Crippen molar-refractivity contribution in [1.29, 1.82) is 0 Å². The molecule has 1 aliphatic carbocycles. The van der Waals surface area contributed by atoms with E-state index in [0.29, 0.717) is 12.0 Å². The number of carboxylic acids is 1. The lowest BCUT2D eigenvalue weighted by atomic mass is 10.1. The minimum Gasteiger partial charge on any atom is -0.480 e. The molecule has 0 aromatic heterocycles. The summed E-state index contributed by atoms with van der Waals surface area (Å²) in [4.78, 5) is 22.4. The molecule has 1 saturated carbocycles. The standard InChI is InChI=1S/C14H13F4NO3/c15-6-11(13(21)22)19-12(20)10-5-9(10)7-2-1-3-8(4-7)14(16,17)18/h1-4,9-11H,5-6H2,(H,19,20)(H,21,22). The van der Waals surface area contributed by atoms with E-state index in [1.165, 1.54) is 12.1 Å². The second-order valence-corrected chi connectivity index (χ2v) is 5.13. The van der Waals surface area contributed by atoms with E-state index in [9.17, 15) is 27.2 Å². The summed E-state index contributed by atoms with van der Waals surface area (Å²) in [6, 6.07) is 3.02. The lowest BCUT2D eigenvalue weighted by Gasteiger charge is -2.11. The maximum atomic E-state index is 12.6. The average molecular weight is 319 g/mol. The van der Waals surface area contributed by atoms with Crippen LogP contribution in [0.25, 0.3) is 0 Å². The number of hydrogen-bond donors (Lipinski definition) is 2. The Balaban J connectivity index is 2.03. The minimum atomic E-state index is -4.47. The molecule has 0 spiro atoms. The molecule has 2 N–H and O–H groups in total. The molecule has 0 radical (unpaired) electrons. The molecule has 1 aliphatic rings. The van der Waals surface area contributed by atoms with E-state index < -0.39 is 48.2 Å². The van der Waals surface area contributed by atoms with Crippen LogP contribution in [0, 0.1) is 5.92 Å². The van der Waals surface area contributed by atoms with Gasteiger partial charge < -0.3 is 10.4 Å². The lowest BCUT2D eigenvalue weighted by molar-refractivity contribution is -0.142. The van der Waals surface area contributed by atoms with Gasteiger partial charge in [-0.2, -0.15) is 13.2 Å². The molecule has 8 heteroatoms. The Bertz CT molecular complexity index is 588. The van der Waals surface area contributed by atoms with E-state index in [-0.39, 0.29) is 0 Å². The number of carboxylic acid groups (broad SMARTS) is 1. The van der Waals surface area contributed by atoms with Crippen LogP contribution < -0.4 is 5.32 Å². The van der Waals surface area contributed by atoms with Gasteiger partial charge in [-0.3, -0.25) is 4.79 Å². The Labute approximate surface area is 123 Å². The second-order valence-electron chi connectivity index (χ2n) is 5.13. The van der Waals surface area contributed by atoms with Gasteiger partial charge in [-0.25, -0.2) is 9.18 Å². The zero-order valence-corrected chi connectivity index (χ0v) is 11.2. The van der Waals surface area contributed by atoms with E-state index in [1.807, 2.05) is 5.32 Å². The first-order valence-electron chi connectivity index (χ1n) is 6.50. The van der Waals surface area contributed by atoms with Crippen LogP contribution in [-0.2, 0) is 15.8 Å². The molecular formula is C14H13F4NO3. The summed E-state index contributed by atoms with van der Waals surface area (Å²) in [6.45, 7) is -1.25. The Morgan fingerprint density at radius 2 is 2.05 bits per heavy atom. The molecule has 2 rings (SSSR count). The van der Waals surface area contributed by atoms with E-state index in [1.54, 1.807) is 0 Å². The van der Waals surface area contributed by atoms with Gasteiger partial charge in [-0.15, -0.1) is 0 Å². The predicted octanol–water partition coefficient (Wildman–Crippen LogP) is 2.35. The van der Waals surface area contributed by atoms with Crippen molar-refractivity contribution in [2.45, 2.75) is 24.6 Å². The fraction of sp³-hybridized carbons (Fsp3) is 0.429. The Morgan fingerprint density at radius 3 is 2.59 bits per heavy atom. The predicted molar refractivity (Wildman–Crippen MR) is 67.8 cm³/mol. The van der Waals surface area contributed by atoms with E-state index in [4.69, 9.17) is 5.11 Å². The zero-order valence-electron chi connectivity index (χ0n) is 11.2. The highest BCUT2D eigenvalue weighted by molar-refractivity contribution is 5.87. The first-order valence-corrected chi connectivity index (χ1v) is 6.50. The fourth-order valence-electron chi connectivity index (χ4n) is 2.24. The maximum Gasteiger partial charge on any atom is 0.416 e. The van der Waals surface area contributed by atoms with Crippen molar-refractivity contribution in [3.63, 3.8) is 0 Å². The molecule has 0 heterocycles. The summed E-state index contributed by atoms with van der Waals surface area (Å²) in [7, 11) is 0. The quantitative estimate of drug-likeness (QED) is 0.819. The van der Waals surface area contributed by atoms with Gasteiger partial charge in [-0.05, 0) is 24.0 Å². The molecule has 1 aromatic rings. The topological polar surface area (TPSA) is 66.4 Å². The number of nitrogens with one attached hydrogen (secondary N) is 1. The molecule has 0 aliphatic heterocycles. The van der Waals surface area contributed by atoms with Gasteiger partial charge in [0.25, 0.3) is 0 Å². The summed E-state index contributed by atoms with van der Waals surface area (Å²) >= 11 is 0. The normalized spacial score (nSPS) is 22.0. The molecule has 22 heavy (non-hydrogen) atoms. The van der Waals surface area contributed by atoms with Gasteiger partial charge in [0.1, 0.15) is 6.67 Å². The molecule has 1 fully saturated rings. The minimum absolute atomic E-state index is 0.311. The molecule has 1 aromatic carbocycles. The average Bonchev–Trinajstić information content (AvgIpc) is 3.24. The fourth-order valence-corrected chi connectivity index (χ4v) is 2.24. The third-order valence-electron chi connectivity index (χ3n) is 3.54. The molecule has 120 valence electrons. The summed E-state index contributed by atoms with van der Waals surface area (Å²) < 4.78 is 50.3. The van der Waals surface area contributed by atoms with Crippen LogP contribution in [0.3, 0.4) is 0 Å². The van der Waals surface area contributed by atoms with Crippen molar-refractivity contribution in [2.24, 2.45) is 5.92 Å². The molecule has 1 amide bonds. The molecule has 4 nitrogen and oxygen atoms in total. The third-order valence-corrected chi connectivity index (χ3v) is 3.54. The van der Waals surface area contributed by atoms with Crippen LogP contribution in [0.15, 0.2) is 24.3 Å². The summed E-state index contributed by atoms with van der Waals surface area (Å²) in [6.07, 6.45) is -4.16. The van der Waals surface area contributed by atoms with Crippen molar-refractivity contribution in [3.05, 3.63) is 35.4 Å². The van der Waals surface area contributed by atoms with Crippen molar-refractivity contribution < 1.29 is 32.3 Å². The molecule has 3 atom stereocenters. The van der Waals surface area contributed by atoms with E-state index in [2.05, 4.69) is 0 Å².